The third-order valence-corrected chi connectivity index (χ3v) is 6.54. The lowest BCUT2D eigenvalue weighted by molar-refractivity contribution is 0.369. The molecular formula is C14H23ClN2O5S2. The van der Waals surface area contributed by atoms with Crippen molar-refractivity contribution in [2.75, 3.05) is 13.4 Å². The maximum Gasteiger partial charge on any atom is 0.244 e. The van der Waals surface area contributed by atoms with E-state index in [2.05, 4.69) is 4.72 Å². The first-order valence-electron chi connectivity index (χ1n) is 7.29. The molecule has 2 rings (SSSR count). The number of hydrogen-bond acceptors (Lipinski definition) is 6. The van der Waals surface area contributed by atoms with Crippen molar-refractivity contribution in [3.05, 3.63) is 18.2 Å². The molecule has 7 nitrogen and oxygen atoms in total. The van der Waals surface area contributed by atoms with Crippen LogP contribution >= 0.6 is 12.4 Å². The van der Waals surface area contributed by atoms with Crippen LogP contribution in [0.4, 0.5) is 0 Å². The van der Waals surface area contributed by atoms with Gasteiger partial charge in [-0.3, -0.25) is 0 Å². The van der Waals surface area contributed by atoms with E-state index in [1.54, 1.807) is 0 Å². The van der Waals surface area contributed by atoms with Crippen LogP contribution < -0.4 is 15.2 Å². The van der Waals surface area contributed by atoms with Crippen molar-refractivity contribution < 1.29 is 21.6 Å². The lowest BCUT2D eigenvalue weighted by atomic mass is 9.92. The molecule has 1 aromatic rings. The Morgan fingerprint density at radius 3 is 2.42 bits per heavy atom. The lowest BCUT2D eigenvalue weighted by Crippen LogP contribution is -2.42. The molecule has 0 aromatic heterocycles. The van der Waals surface area contributed by atoms with Crippen molar-refractivity contribution in [1.82, 2.24) is 4.72 Å². The molecule has 0 amide bonds. The van der Waals surface area contributed by atoms with Gasteiger partial charge in [-0.2, -0.15) is 0 Å². The second-order valence-corrected chi connectivity index (χ2v) is 9.53. The highest BCUT2D eigenvalue weighted by atomic mass is 35.5. The quantitative estimate of drug-likeness (QED) is 0.766. The van der Waals surface area contributed by atoms with E-state index in [9.17, 15) is 16.8 Å². The monoisotopic (exact) mass is 398 g/mol. The van der Waals surface area contributed by atoms with E-state index in [1.165, 1.54) is 19.2 Å². The van der Waals surface area contributed by atoms with Crippen LogP contribution in [0.2, 0.25) is 0 Å². The fourth-order valence-corrected chi connectivity index (χ4v) is 4.92. The molecule has 1 fully saturated rings. The van der Waals surface area contributed by atoms with Gasteiger partial charge in [0.25, 0.3) is 0 Å². The molecule has 2 atom stereocenters. The molecule has 2 unspecified atom stereocenters. The van der Waals surface area contributed by atoms with Gasteiger partial charge in [0.15, 0.2) is 9.84 Å². The summed E-state index contributed by atoms with van der Waals surface area (Å²) in [4.78, 5) is -0.249. The maximum absolute atomic E-state index is 12.6. The van der Waals surface area contributed by atoms with Crippen LogP contribution in [-0.4, -0.2) is 42.3 Å². The number of ether oxygens (including phenoxy) is 1. The summed E-state index contributed by atoms with van der Waals surface area (Å²) in [5.74, 6) is 0.102. The highest BCUT2D eigenvalue weighted by Crippen LogP contribution is 2.28. The predicted molar refractivity (Wildman–Crippen MR) is 93.9 cm³/mol. The number of hydrogen-bond donors (Lipinski definition) is 2. The number of halogens is 1. The lowest BCUT2D eigenvalue weighted by Gasteiger charge is -2.27. The number of nitrogens with two attached hydrogens (primary N) is 1. The van der Waals surface area contributed by atoms with E-state index in [0.29, 0.717) is 12.8 Å². The molecule has 0 saturated heterocycles. The van der Waals surface area contributed by atoms with Crippen molar-refractivity contribution in [1.29, 1.82) is 0 Å². The molecule has 0 heterocycles. The van der Waals surface area contributed by atoms with Crippen LogP contribution in [0, 0.1) is 0 Å². The minimum Gasteiger partial charge on any atom is -0.495 e. The van der Waals surface area contributed by atoms with Crippen molar-refractivity contribution in [3.8, 4) is 5.75 Å². The Morgan fingerprint density at radius 1 is 1.21 bits per heavy atom. The number of sulfonamides is 1. The number of benzene rings is 1. The Balaban J connectivity index is 0.00000288. The van der Waals surface area contributed by atoms with Gasteiger partial charge < -0.3 is 10.5 Å². The number of methoxy groups -OCH3 is 1. The fraction of sp³-hybridized carbons (Fsp3) is 0.571. The third kappa shape index (κ3) is 5.06. The van der Waals surface area contributed by atoms with Gasteiger partial charge in [-0.15, -0.1) is 12.4 Å². The zero-order valence-electron chi connectivity index (χ0n) is 13.6. The largest absolute Gasteiger partial charge is 0.495 e. The van der Waals surface area contributed by atoms with Crippen molar-refractivity contribution in [3.63, 3.8) is 0 Å². The minimum atomic E-state index is -3.90. The molecule has 0 aliphatic heterocycles. The van der Waals surface area contributed by atoms with Crippen LogP contribution in [0.15, 0.2) is 28.0 Å². The van der Waals surface area contributed by atoms with Gasteiger partial charge in [0, 0.05) is 18.3 Å². The minimum absolute atomic E-state index is 0. The number of rotatable bonds is 5. The summed E-state index contributed by atoms with van der Waals surface area (Å²) in [6, 6.07) is 3.51. The fourth-order valence-electron chi connectivity index (χ4n) is 2.72. The smallest absolute Gasteiger partial charge is 0.244 e. The highest BCUT2D eigenvalue weighted by Gasteiger charge is 2.28. The molecule has 1 saturated carbocycles. The molecule has 1 aliphatic carbocycles. The van der Waals surface area contributed by atoms with Gasteiger partial charge in [-0.1, -0.05) is 6.42 Å². The predicted octanol–water partition coefficient (Wildman–Crippen LogP) is 1.07. The first kappa shape index (κ1) is 21.2. The molecule has 10 heteroatoms. The van der Waals surface area contributed by atoms with E-state index in [1.807, 2.05) is 0 Å². The average Bonchev–Trinajstić information content (AvgIpc) is 2.45. The van der Waals surface area contributed by atoms with E-state index < -0.39 is 19.9 Å². The summed E-state index contributed by atoms with van der Waals surface area (Å²) in [5, 5.41) is 0. The Bertz CT molecular complexity index is 780. The summed E-state index contributed by atoms with van der Waals surface area (Å²) < 4.78 is 56.3. The molecule has 0 bridgehead atoms. The van der Waals surface area contributed by atoms with E-state index >= 15 is 0 Å². The van der Waals surface area contributed by atoms with Gasteiger partial charge in [0.2, 0.25) is 10.0 Å². The molecule has 3 N–H and O–H groups in total. The molecule has 24 heavy (non-hydrogen) atoms. The van der Waals surface area contributed by atoms with Crippen LogP contribution in [0.25, 0.3) is 0 Å². The van der Waals surface area contributed by atoms with E-state index in [-0.39, 0.29) is 40.0 Å². The standard InChI is InChI=1S/C14H22N2O5S2.ClH/c1-21-13-7-6-12(22(2,17)18)9-14(13)23(19,20)16-11-5-3-4-10(15)8-11;/h6-7,9-11,16H,3-5,8,15H2,1-2H3;1H. The first-order chi connectivity index (χ1) is 10.6. The average molecular weight is 399 g/mol. The zero-order valence-corrected chi connectivity index (χ0v) is 16.0. The highest BCUT2D eigenvalue weighted by molar-refractivity contribution is 7.91. The summed E-state index contributed by atoms with van der Waals surface area (Å²) >= 11 is 0. The van der Waals surface area contributed by atoms with Crippen LogP contribution in [0.3, 0.4) is 0 Å². The molecular weight excluding hydrogens is 376 g/mol. The summed E-state index contributed by atoms with van der Waals surface area (Å²) in [5.41, 5.74) is 5.88. The van der Waals surface area contributed by atoms with Gasteiger partial charge in [-0.05, 0) is 37.5 Å². The van der Waals surface area contributed by atoms with Crippen LogP contribution in [0.1, 0.15) is 25.7 Å². The maximum atomic E-state index is 12.6. The van der Waals surface area contributed by atoms with Gasteiger partial charge in [0.1, 0.15) is 10.6 Å². The van der Waals surface area contributed by atoms with E-state index in [0.717, 1.165) is 25.2 Å². The molecule has 138 valence electrons. The molecule has 0 spiro atoms. The van der Waals surface area contributed by atoms with Crippen molar-refractivity contribution >= 4 is 32.3 Å². The third-order valence-electron chi connectivity index (χ3n) is 3.89. The van der Waals surface area contributed by atoms with Crippen molar-refractivity contribution in [2.24, 2.45) is 5.73 Å². The Hall–Kier alpha value is -0.870. The van der Waals surface area contributed by atoms with Crippen LogP contribution in [0.5, 0.6) is 5.75 Å². The number of sulfone groups is 1. The molecule has 1 aliphatic rings. The SMILES string of the molecule is COc1ccc(S(C)(=O)=O)cc1S(=O)(=O)NC1CCCC(N)C1.Cl. The summed E-state index contributed by atoms with van der Waals surface area (Å²) in [6.07, 6.45) is 4.03. The first-order valence-corrected chi connectivity index (χ1v) is 10.7. The zero-order chi connectivity index (χ0) is 17.3. The van der Waals surface area contributed by atoms with Gasteiger partial charge in [0.05, 0.1) is 12.0 Å². The van der Waals surface area contributed by atoms with Gasteiger partial charge >= 0.3 is 0 Å². The Labute approximate surface area is 149 Å². The van der Waals surface area contributed by atoms with Crippen LogP contribution in [-0.2, 0) is 19.9 Å². The second kappa shape index (κ2) is 8.01. The summed E-state index contributed by atoms with van der Waals surface area (Å²) in [7, 11) is -6.09. The summed E-state index contributed by atoms with van der Waals surface area (Å²) in [6.45, 7) is 0. The Morgan fingerprint density at radius 2 is 1.88 bits per heavy atom. The molecule has 1 aromatic carbocycles. The van der Waals surface area contributed by atoms with Gasteiger partial charge in [-0.25, -0.2) is 21.6 Å². The normalized spacial score (nSPS) is 21.8. The number of nitrogens with one attached hydrogen (secondary N) is 1. The second-order valence-electron chi connectivity index (χ2n) is 5.83. The molecule has 0 radical (unpaired) electrons. The topological polar surface area (TPSA) is 116 Å². The Kier molecular flexibility index (Phi) is 7.06. The van der Waals surface area contributed by atoms with E-state index in [4.69, 9.17) is 10.5 Å². The van der Waals surface area contributed by atoms with Crippen molar-refractivity contribution in [2.45, 2.75) is 47.6 Å².